The van der Waals surface area contributed by atoms with E-state index in [0.29, 0.717) is 6.61 Å². The number of ether oxygens (including phenoxy) is 1. The molecule has 0 aliphatic heterocycles. The molecule has 1 nitrogen and oxygen atoms in total. The highest BCUT2D eigenvalue weighted by atomic mass is 35.5. The first-order chi connectivity index (χ1) is 6.29. The molecule has 0 fully saturated rings. The van der Waals surface area contributed by atoms with E-state index < -0.39 is 5.02 Å². The summed E-state index contributed by atoms with van der Waals surface area (Å²) in [5, 5.41) is -0.698. The summed E-state index contributed by atoms with van der Waals surface area (Å²) in [4.78, 5) is 0. The molecule has 1 aromatic carbocycles. The largest absolute Gasteiger partial charge is 0.349 e. The van der Waals surface area contributed by atoms with Crippen molar-refractivity contribution in [1.82, 2.24) is 0 Å². The van der Waals surface area contributed by atoms with Crippen LogP contribution in [0.25, 0.3) is 0 Å². The number of rotatable bonds is 5. The molecule has 0 saturated heterocycles. The second-order valence-electron chi connectivity index (χ2n) is 2.72. The molecule has 3 heteroatoms. The maximum Gasteiger partial charge on any atom is 0.206 e. The summed E-state index contributed by atoms with van der Waals surface area (Å²) in [5.74, 6) is 0. The first-order valence-electron chi connectivity index (χ1n) is 4.23. The molecule has 0 spiro atoms. The quantitative estimate of drug-likeness (QED) is 0.544. The smallest absolute Gasteiger partial charge is 0.206 e. The van der Waals surface area contributed by atoms with Crippen molar-refractivity contribution in [3.05, 3.63) is 35.9 Å². The van der Waals surface area contributed by atoms with Crippen LogP contribution >= 0.6 is 23.2 Å². The van der Waals surface area contributed by atoms with Gasteiger partial charge in [-0.05, 0) is 18.4 Å². The number of aryl methyl sites for hydroxylation is 1. The minimum Gasteiger partial charge on any atom is -0.349 e. The minimum absolute atomic E-state index is 0.604. The van der Waals surface area contributed by atoms with Crippen LogP contribution in [-0.2, 0) is 11.2 Å². The van der Waals surface area contributed by atoms with Gasteiger partial charge in [-0.1, -0.05) is 53.5 Å². The Kier molecular flexibility index (Phi) is 5.21. The highest BCUT2D eigenvalue weighted by Gasteiger charge is 1.97. The van der Waals surface area contributed by atoms with Gasteiger partial charge in [-0.2, -0.15) is 0 Å². The van der Waals surface area contributed by atoms with E-state index in [-0.39, 0.29) is 0 Å². The molecule has 0 radical (unpaired) electrons. The topological polar surface area (TPSA) is 9.23 Å². The summed E-state index contributed by atoms with van der Waals surface area (Å²) in [6.07, 6.45) is 1.95. The first kappa shape index (κ1) is 10.8. The Balaban J connectivity index is 2.13. The van der Waals surface area contributed by atoms with Gasteiger partial charge in [0.05, 0.1) is 6.61 Å². The van der Waals surface area contributed by atoms with Crippen molar-refractivity contribution >= 4 is 23.2 Å². The minimum atomic E-state index is -0.698. The van der Waals surface area contributed by atoms with E-state index in [1.807, 2.05) is 18.2 Å². The average molecular weight is 219 g/mol. The van der Waals surface area contributed by atoms with Crippen LogP contribution in [0, 0.1) is 0 Å². The van der Waals surface area contributed by atoms with E-state index in [1.165, 1.54) is 5.56 Å². The fourth-order valence-electron chi connectivity index (χ4n) is 1.09. The van der Waals surface area contributed by atoms with Gasteiger partial charge < -0.3 is 4.74 Å². The molecule has 0 atom stereocenters. The van der Waals surface area contributed by atoms with Gasteiger partial charge >= 0.3 is 0 Å². The lowest BCUT2D eigenvalue weighted by Crippen LogP contribution is -1.99. The fourth-order valence-corrected chi connectivity index (χ4v) is 1.27. The van der Waals surface area contributed by atoms with E-state index in [0.717, 1.165) is 12.8 Å². The lowest BCUT2D eigenvalue weighted by atomic mass is 10.1. The zero-order valence-electron chi connectivity index (χ0n) is 7.25. The molecule has 0 saturated carbocycles. The van der Waals surface area contributed by atoms with E-state index in [4.69, 9.17) is 27.9 Å². The Morgan fingerprint density at radius 1 is 1.15 bits per heavy atom. The van der Waals surface area contributed by atoms with Crippen molar-refractivity contribution < 1.29 is 4.74 Å². The van der Waals surface area contributed by atoms with E-state index >= 15 is 0 Å². The molecule has 0 heterocycles. The molecule has 72 valence electrons. The number of alkyl halides is 2. The van der Waals surface area contributed by atoms with Crippen LogP contribution in [0.5, 0.6) is 0 Å². The summed E-state index contributed by atoms with van der Waals surface area (Å²) in [6, 6.07) is 10.3. The van der Waals surface area contributed by atoms with E-state index in [2.05, 4.69) is 12.1 Å². The predicted octanol–water partition coefficient (Wildman–Crippen LogP) is 3.40. The van der Waals surface area contributed by atoms with E-state index in [1.54, 1.807) is 0 Å². The zero-order valence-corrected chi connectivity index (χ0v) is 8.76. The van der Waals surface area contributed by atoms with Crippen LogP contribution in [-0.4, -0.2) is 11.6 Å². The summed E-state index contributed by atoms with van der Waals surface area (Å²) >= 11 is 10.8. The predicted molar refractivity (Wildman–Crippen MR) is 56.2 cm³/mol. The Hall–Kier alpha value is -0.240. The summed E-state index contributed by atoms with van der Waals surface area (Å²) < 4.78 is 4.99. The second-order valence-corrected chi connectivity index (χ2v) is 3.74. The molecule has 0 amide bonds. The Morgan fingerprint density at radius 3 is 2.46 bits per heavy atom. The lowest BCUT2D eigenvalue weighted by molar-refractivity contribution is 0.152. The van der Waals surface area contributed by atoms with Gasteiger partial charge in [-0.25, -0.2) is 0 Å². The summed E-state index contributed by atoms with van der Waals surface area (Å²) in [5.41, 5.74) is 1.31. The standard InChI is InChI=1S/C10H12Cl2O/c11-10(12)13-8-4-7-9-5-2-1-3-6-9/h1-3,5-6,10H,4,7-8H2. The SMILES string of the molecule is ClC(Cl)OCCCc1ccccc1. The number of hydrogen-bond acceptors (Lipinski definition) is 1. The highest BCUT2D eigenvalue weighted by molar-refractivity contribution is 6.43. The third-order valence-corrected chi connectivity index (χ3v) is 1.95. The van der Waals surface area contributed by atoms with Gasteiger partial charge in [0.2, 0.25) is 5.02 Å². The van der Waals surface area contributed by atoms with Crippen LogP contribution in [0.1, 0.15) is 12.0 Å². The summed E-state index contributed by atoms with van der Waals surface area (Å²) in [6.45, 7) is 0.604. The number of benzene rings is 1. The van der Waals surface area contributed by atoms with Gasteiger partial charge in [-0.3, -0.25) is 0 Å². The Labute approximate surface area is 88.6 Å². The maximum atomic E-state index is 5.40. The molecule has 0 bridgehead atoms. The molecular weight excluding hydrogens is 207 g/mol. The molecule has 0 aliphatic rings. The van der Waals surface area contributed by atoms with Crippen LogP contribution in [0.15, 0.2) is 30.3 Å². The van der Waals surface area contributed by atoms with Gasteiger partial charge in [0.25, 0.3) is 0 Å². The third-order valence-electron chi connectivity index (χ3n) is 1.70. The molecular formula is C10H12Cl2O. The lowest BCUT2D eigenvalue weighted by Gasteiger charge is -2.03. The van der Waals surface area contributed by atoms with E-state index in [9.17, 15) is 0 Å². The molecule has 0 N–H and O–H groups in total. The molecule has 1 aromatic rings. The van der Waals surface area contributed by atoms with Crippen LogP contribution in [0.4, 0.5) is 0 Å². The van der Waals surface area contributed by atoms with Crippen molar-refractivity contribution in [3.8, 4) is 0 Å². The average Bonchev–Trinajstić information content (AvgIpc) is 2.14. The van der Waals surface area contributed by atoms with Crippen LogP contribution < -0.4 is 0 Å². The first-order valence-corrected chi connectivity index (χ1v) is 5.10. The van der Waals surface area contributed by atoms with Gasteiger partial charge in [0, 0.05) is 0 Å². The monoisotopic (exact) mass is 218 g/mol. The van der Waals surface area contributed by atoms with Gasteiger partial charge in [0.1, 0.15) is 0 Å². The Bertz CT molecular complexity index is 224. The molecule has 13 heavy (non-hydrogen) atoms. The van der Waals surface area contributed by atoms with Crippen molar-refractivity contribution in [3.63, 3.8) is 0 Å². The van der Waals surface area contributed by atoms with Crippen LogP contribution in [0.2, 0.25) is 0 Å². The fraction of sp³-hybridized carbons (Fsp3) is 0.400. The van der Waals surface area contributed by atoms with Crippen molar-refractivity contribution in [2.75, 3.05) is 6.61 Å². The maximum absolute atomic E-state index is 5.40. The molecule has 0 unspecified atom stereocenters. The number of hydrogen-bond donors (Lipinski definition) is 0. The molecule has 0 aliphatic carbocycles. The van der Waals surface area contributed by atoms with Crippen molar-refractivity contribution in [1.29, 1.82) is 0 Å². The van der Waals surface area contributed by atoms with Crippen molar-refractivity contribution in [2.24, 2.45) is 0 Å². The highest BCUT2D eigenvalue weighted by Crippen LogP contribution is 2.06. The molecule has 0 aromatic heterocycles. The number of halogens is 2. The van der Waals surface area contributed by atoms with Crippen LogP contribution in [0.3, 0.4) is 0 Å². The second kappa shape index (κ2) is 6.25. The Morgan fingerprint density at radius 2 is 1.85 bits per heavy atom. The van der Waals surface area contributed by atoms with Gasteiger partial charge in [-0.15, -0.1) is 0 Å². The summed E-state index contributed by atoms with van der Waals surface area (Å²) in [7, 11) is 0. The zero-order chi connectivity index (χ0) is 9.52. The normalized spacial score (nSPS) is 10.7. The third kappa shape index (κ3) is 5.14. The molecule has 1 rings (SSSR count). The van der Waals surface area contributed by atoms with Crippen molar-refractivity contribution in [2.45, 2.75) is 17.9 Å². The van der Waals surface area contributed by atoms with Gasteiger partial charge in [0.15, 0.2) is 0 Å².